The normalized spacial score (nSPS) is 24.5. The number of hydrogen-bond donors (Lipinski definition) is 1. The van der Waals surface area contributed by atoms with Crippen molar-refractivity contribution in [3.05, 3.63) is 58.7 Å². The third-order valence-electron chi connectivity index (χ3n) is 8.48. The molecular formula is C31H47N3O. The van der Waals surface area contributed by atoms with E-state index in [1.54, 1.807) is 0 Å². The van der Waals surface area contributed by atoms with Gasteiger partial charge < -0.3 is 10.0 Å². The van der Waals surface area contributed by atoms with E-state index < -0.39 is 0 Å². The van der Waals surface area contributed by atoms with Crippen LogP contribution in [0.25, 0.3) is 0 Å². The topological polar surface area (TPSA) is 39.1 Å². The number of fused-ring (bicyclic) bond motifs is 1. The minimum atomic E-state index is 0.205. The second-order valence-corrected chi connectivity index (χ2v) is 12.2. The molecule has 1 atom stereocenters. The zero-order chi connectivity index (χ0) is 25.1. The molecule has 4 rings (SSSR count). The van der Waals surface area contributed by atoms with Crippen LogP contribution in [0, 0.1) is 5.92 Å². The minimum absolute atomic E-state index is 0.205. The SMILES string of the molecule is CC1C=C1C=CC(=NCN1CCN(CCCCCO)CC1)c1ccc2c(c1)C(C)(C)CCC2(C)C. The molecule has 1 aromatic carbocycles. The smallest absolute Gasteiger partial charge is 0.0917 e. The summed E-state index contributed by atoms with van der Waals surface area (Å²) in [5, 5.41) is 8.98. The lowest BCUT2D eigenvalue weighted by Gasteiger charge is -2.42. The zero-order valence-electron chi connectivity index (χ0n) is 22.8. The molecule has 1 saturated heterocycles. The first-order chi connectivity index (χ1) is 16.7. The molecule has 0 bridgehead atoms. The summed E-state index contributed by atoms with van der Waals surface area (Å²) >= 11 is 0. The average Bonchev–Trinajstić information content (AvgIpc) is 3.55. The lowest BCUT2D eigenvalue weighted by molar-refractivity contribution is 0.133. The molecule has 192 valence electrons. The van der Waals surface area contributed by atoms with Gasteiger partial charge in [0.15, 0.2) is 0 Å². The predicted octanol–water partition coefficient (Wildman–Crippen LogP) is 5.69. The molecule has 0 spiro atoms. The molecule has 4 heteroatoms. The van der Waals surface area contributed by atoms with Gasteiger partial charge in [0.1, 0.15) is 0 Å². The van der Waals surface area contributed by atoms with E-state index in [-0.39, 0.29) is 10.8 Å². The van der Waals surface area contributed by atoms with Crippen molar-refractivity contribution in [1.29, 1.82) is 0 Å². The standard InChI is InChI=1S/C31H47N3O/c1-24-21-25(24)10-12-29(32-23-34-18-16-33(17-19-34)15-7-6-8-20-35)26-9-11-27-28(22-26)31(4,5)14-13-30(27,2)3/h9-12,21-22,24,35H,6-8,13-20,23H2,1-5H3. The third-order valence-corrected chi connectivity index (χ3v) is 8.48. The van der Waals surface area contributed by atoms with Crippen LogP contribution >= 0.6 is 0 Å². The summed E-state index contributed by atoms with van der Waals surface area (Å²) in [6, 6.07) is 7.12. The maximum Gasteiger partial charge on any atom is 0.0917 e. The van der Waals surface area contributed by atoms with Crippen molar-refractivity contribution < 1.29 is 5.11 Å². The molecule has 0 radical (unpaired) electrons. The van der Waals surface area contributed by atoms with Gasteiger partial charge in [-0.1, -0.05) is 58.9 Å². The van der Waals surface area contributed by atoms with Crippen LogP contribution in [0.1, 0.15) is 83.4 Å². The molecule has 1 heterocycles. The summed E-state index contributed by atoms with van der Waals surface area (Å²) < 4.78 is 0. The van der Waals surface area contributed by atoms with Crippen LogP contribution in [-0.2, 0) is 10.8 Å². The van der Waals surface area contributed by atoms with Crippen LogP contribution in [0.4, 0.5) is 0 Å². The highest BCUT2D eigenvalue weighted by Crippen LogP contribution is 2.46. The molecule has 1 fully saturated rings. The fraction of sp³-hybridized carbons (Fsp3) is 0.645. The van der Waals surface area contributed by atoms with Gasteiger partial charge in [-0.05, 0) is 84.2 Å². The van der Waals surface area contributed by atoms with E-state index in [9.17, 15) is 0 Å². The van der Waals surface area contributed by atoms with E-state index in [0.29, 0.717) is 12.5 Å². The zero-order valence-corrected chi connectivity index (χ0v) is 22.8. The van der Waals surface area contributed by atoms with E-state index in [2.05, 4.69) is 80.8 Å². The number of piperazine rings is 1. The van der Waals surface area contributed by atoms with Crippen molar-refractivity contribution in [3.8, 4) is 0 Å². The molecule has 3 aliphatic rings. The van der Waals surface area contributed by atoms with Gasteiger partial charge in [0.25, 0.3) is 0 Å². The summed E-state index contributed by atoms with van der Waals surface area (Å²) in [7, 11) is 0. The molecule has 0 saturated carbocycles. The summed E-state index contributed by atoms with van der Waals surface area (Å²) in [6.45, 7) is 18.5. The largest absolute Gasteiger partial charge is 0.396 e. The summed E-state index contributed by atoms with van der Waals surface area (Å²) in [5.74, 6) is 0.612. The molecule has 1 unspecified atom stereocenters. The van der Waals surface area contributed by atoms with Crippen molar-refractivity contribution in [2.24, 2.45) is 10.9 Å². The van der Waals surface area contributed by atoms with Crippen LogP contribution in [-0.4, -0.2) is 66.6 Å². The number of nitrogens with zero attached hydrogens (tertiary/aromatic N) is 3. The summed E-state index contributed by atoms with van der Waals surface area (Å²) in [6.07, 6.45) is 12.5. The Balaban J connectivity index is 1.47. The van der Waals surface area contributed by atoms with E-state index in [4.69, 9.17) is 10.1 Å². The second-order valence-electron chi connectivity index (χ2n) is 12.2. The monoisotopic (exact) mass is 477 g/mol. The Labute approximate surface area is 213 Å². The highest BCUT2D eigenvalue weighted by atomic mass is 16.2. The predicted molar refractivity (Wildman–Crippen MR) is 148 cm³/mol. The summed E-state index contributed by atoms with van der Waals surface area (Å²) in [5.41, 5.74) is 7.24. The first-order valence-electron chi connectivity index (χ1n) is 13.8. The van der Waals surface area contributed by atoms with Crippen LogP contribution in [0.2, 0.25) is 0 Å². The molecule has 0 amide bonds. The Morgan fingerprint density at radius 2 is 1.63 bits per heavy atom. The van der Waals surface area contributed by atoms with Crippen molar-refractivity contribution in [1.82, 2.24) is 9.80 Å². The highest BCUT2D eigenvalue weighted by Gasteiger charge is 2.37. The Hall–Kier alpha value is -1.75. The average molecular weight is 478 g/mol. The highest BCUT2D eigenvalue weighted by molar-refractivity contribution is 6.09. The number of allylic oxidation sites excluding steroid dienone is 4. The van der Waals surface area contributed by atoms with Gasteiger partial charge in [-0.2, -0.15) is 0 Å². The third kappa shape index (κ3) is 6.72. The van der Waals surface area contributed by atoms with E-state index in [0.717, 1.165) is 57.9 Å². The molecule has 1 aromatic rings. The van der Waals surface area contributed by atoms with Crippen LogP contribution < -0.4 is 0 Å². The first-order valence-corrected chi connectivity index (χ1v) is 13.8. The van der Waals surface area contributed by atoms with Crippen LogP contribution in [0.5, 0.6) is 0 Å². The van der Waals surface area contributed by atoms with E-state index >= 15 is 0 Å². The molecule has 35 heavy (non-hydrogen) atoms. The Morgan fingerprint density at radius 3 is 2.29 bits per heavy atom. The fourth-order valence-electron chi connectivity index (χ4n) is 5.57. The maximum absolute atomic E-state index is 8.98. The van der Waals surface area contributed by atoms with Gasteiger partial charge in [0.2, 0.25) is 0 Å². The molecule has 0 aromatic heterocycles. The fourth-order valence-corrected chi connectivity index (χ4v) is 5.57. The lowest BCUT2D eigenvalue weighted by atomic mass is 9.63. The number of aliphatic hydroxyl groups is 1. The van der Waals surface area contributed by atoms with Crippen LogP contribution in [0.3, 0.4) is 0 Å². The van der Waals surface area contributed by atoms with Gasteiger partial charge in [-0.3, -0.25) is 9.89 Å². The molecular weight excluding hydrogens is 430 g/mol. The van der Waals surface area contributed by atoms with Crippen molar-refractivity contribution >= 4 is 5.71 Å². The van der Waals surface area contributed by atoms with E-state index in [1.807, 2.05) is 0 Å². The Kier molecular flexibility index (Phi) is 8.35. The van der Waals surface area contributed by atoms with Crippen molar-refractivity contribution in [2.45, 2.75) is 77.6 Å². The van der Waals surface area contributed by atoms with Gasteiger partial charge in [0.05, 0.1) is 12.4 Å². The number of rotatable bonds is 10. The summed E-state index contributed by atoms with van der Waals surface area (Å²) in [4.78, 5) is 10.2. The lowest BCUT2D eigenvalue weighted by Crippen LogP contribution is -2.46. The molecule has 1 N–H and O–H groups in total. The van der Waals surface area contributed by atoms with Crippen molar-refractivity contribution in [2.75, 3.05) is 46.0 Å². The van der Waals surface area contributed by atoms with Gasteiger partial charge in [0, 0.05) is 38.3 Å². The van der Waals surface area contributed by atoms with Gasteiger partial charge in [-0.15, -0.1) is 0 Å². The van der Waals surface area contributed by atoms with Crippen LogP contribution in [0.15, 0.2) is 47.0 Å². The molecule has 2 aliphatic carbocycles. The quantitative estimate of drug-likeness (QED) is 0.347. The van der Waals surface area contributed by atoms with Gasteiger partial charge >= 0.3 is 0 Å². The minimum Gasteiger partial charge on any atom is -0.396 e. The second kappa shape index (κ2) is 11.1. The number of hydrogen-bond acceptors (Lipinski definition) is 4. The number of aliphatic hydroxyl groups excluding tert-OH is 1. The molecule has 1 aliphatic heterocycles. The number of benzene rings is 1. The maximum atomic E-state index is 8.98. The Morgan fingerprint density at radius 1 is 0.971 bits per heavy atom. The van der Waals surface area contributed by atoms with Gasteiger partial charge in [-0.25, -0.2) is 0 Å². The first kappa shape index (κ1) is 26.3. The Bertz CT molecular complexity index is 963. The van der Waals surface area contributed by atoms with E-state index in [1.165, 1.54) is 41.5 Å². The van der Waals surface area contributed by atoms with Crippen molar-refractivity contribution in [3.63, 3.8) is 0 Å². The number of aliphatic imine (C=N–C) groups is 1. The number of unbranched alkanes of at least 4 members (excludes halogenated alkanes) is 2. The molecule has 4 nitrogen and oxygen atoms in total.